The molecule has 6 rings (SSSR count). The fraction of sp³-hybridized carbons (Fsp3) is 0.206. The molecular weight excluding hydrogens is 542 g/mol. The zero-order valence-electron chi connectivity index (χ0n) is 24.2. The Morgan fingerprint density at radius 2 is 1.58 bits per heavy atom. The van der Waals surface area contributed by atoms with E-state index in [1.54, 1.807) is 25.0 Å². The van der Waals surface area contributed by atoms with Gasteiger partial charge in [0.25, 0.3) is 5.56 Å². The van der Waals surface area contributed by atoms with E-state index in [0.717, 1.165) is 59.5 Å². The van der Waals surface area contributed by atoms with Gasteiger partial charge in [0.2, 0.25) is 0 Å². The van der Waals surface area contributed by atoms with Crippen LogP contribution in [0.3, 0.4) is 0 Å². The van der Waals surface area contributed by atoms with Crippen LogP contribution in [0, 0.1) is 0 Å². The number of pyridine rings is 2. The number of methoxy groups -OCH3 is 2. The second-order valence-electron chi connectivity index (χ2n) is 10.5. The Hall–Kier alpha value is -5.31. The lowest BCUT2D eigenvalue weighted by molar-refractivity contribution is 0.222. The molecule has 3 heterocycles. The SMILES string of the molecule is COc1ccc(Cn2c(=O)c(Nc3cccc(NC(=O)N4CCCC4)c3)cc3cc(-c4cccc(OC)c4)cnc32)cc1. The molecule has 3 aromatic carbocycles. The van der Waals surface area contributed by atoms with Crippen molar-refractivity contribution in [3.8, 4) is 22.6 Å². The zero-order chi connectivity index (χ0) is 29.8. The molecule has 9 nitrogen and oxygen atoms in total. The number of rotatable bonds is 8. The number of fused-ring (bicyclic) bond motifs is 1. The van der Waals surface area contributed by atoms with Crippen molar-refractivity contribution in [3.63, 3.8) is 0 Å². The zero-order valence-corrected chi connectivity index (χ0v) is 24.2. The van der Waals surface area contributed by atoms with Crippen molar-refractivity contribution >= 4 is 34.1 Å². The lowest BCUT2D eigenvalue weighted by Crippen LogP contribution is -2.32. The summed E-state index contributed by atoms with van der Waals surface area (Å²) in [4.78, 5) is 33.2. The second-order valence-corrected chi connectivity index (χ2v) is 10.5. The van der Waals surface area contributed by atoms with Crippen LogP contribution in [0.2, 0.25) is 0 Å². The summed E-state index contributed by atoms with van der Waals surface area (Å²) in [6.45, 7) is 1.85. The third-order valence-electron chi connectivity index (χ3n) is 7.62. The van der Waals surface area contributed by atoms with Gasteiger partial charge in [0.1, 0.15) is 22.8 Å². The number of hydrogen-bond acceptors (Lipinski definition) is 6. The summed E-state index contributed by atoms with van der Waals surface area (Å²) < 4.78 is 12.4. The largest absolute Gasteiger partial charge is 0.497 e. The fourth-order valence-electron chi connectivity index (χ4n) is 5.33. The minimum atomic E-state index is -0.212. The monoisotopic (exact) mass is 575 g/mol. The number of aromatic nitrogens is 2. The third kappa shape index (κ3) is 6.16. The Kier molecular flexibility index (Phi) is 7.95. The molecule has 218 valence electrons. The number of benzene rings is 3. The van der Waals surface area contributed by atoms with Gasteiger partial charge in [-0.25, -0.2) is 9.78 Å². The second kappa shape index (κ2) is 12.3. The molecule has 0 aliphatic carbocycles. The lowest BCUT2D eigenvalue weighted by Gasteiger charge is -2.17. The highest BCUT2D eigenvalue weighted by molar-refractivity contribution is 5.90. The van der Waals surface area contributed by atoms with Crippen LogP contribution in [-0.4, -0.2) is 47.8 Å². The van der Waals surface area contributed by atoms with Crippen LogP contribution in [-0.2, 0) is 6.54 Å². The highest BCUT2D eigenvalue weighted by atomic mass is 16.5. The van der Waals surface area contributed by atoms with Gasteiger partial charge in [0.05, 0.1) is 20.8 Å². The summed E-state index contributed by atoms with van der Waals surface area (Å²) in [6.07, 6.45) is 3.82. The molecule has 9 heteroatoms. The highest BCUT2D eigenvalue weighted by Crippen LogP contribution is 2.28. The average Bonchev–Trinajstić information content (AvgIpc) is 3.59. The molecule has 2 aromatic heterocycles. The van der Waals surface area contributed by atoms with Crippen molar-refractivity contribution < 1.29 is 14.3 Å². The van der Waals surface area contributed by atoms with Crippen molar-refractivity contribution in [2.75, 3.05) is 37.9 Å². The molecule has 2 N–H and O–H groups in total. The summed E-state index contributed by atoms with van der Waals surface area (Å²) in [5.41, 5.74) is 4.89. The predicted octanol–water partition coefficient (Wildman–Crippen LogP) is 6.50. The van der Waals surface area contributed by atoms with Gasteiger partial charge in [-0.2, -0.15) is 0 Å². The molecule has 43 heavy (non-hydrogen) atoms. The molecule has 1 aliphatic heterocycles. The summed E-state index contributed by atoms with van der Waals surface area (Å²) in [5, 5.41) is 7.08. The molecule has 1 aliphatic rings. The molecular formula is C34H33N5O4. The van der Waals surface area contributed by atoms with Crippen LogP contribution in [0.15, 0.2) is 95.9 Å². The maximum Gasteiger partial charge on any atom is 0.321 e. The first kappa shape index (κ1) is 27.8. The molecule has 0 saturated carbocycles. The van der Waals surface area contributed by atoms with E-state index in [4.69, 9.17) is 14.5 Å². The van der Waals surface area contributed by atoms with E-state index >= 15 is 0 Å². The molecule has 0 bridgehead atoms. The number of nitrogens with one attached hydrogen (secondary N) is 2. The number of anilines is 3. The molecule has 0 atom stereocenters. The molecule has 0 unspecified atom stereocenters. The number of amides is 2. The number of urea groups is 1. The first-order valence-electron chi connectivity index (χ1n) is 14.2. The first-order chi connectivity index (χ1) is 21.0. The molecule has 0 radical (unpaired) electrons. The van der Waals surface area contributed by atoms with E-state index < -0.39 is 0 Å². The summed E-state index contributed by atoms with van der Waals surface area (Å²) in [6, 6.07) is 26.5. The summed E-state index contributed by atoms with van der Waals surface area (Å²) in [7, 11) is 3.26. The minimum absolute atomic E-state index is 0.113. The minimum Gasteiger partial charge on any atom is -0.497 e. The molecule has 2 amide bonds. The first-order valence-corrected chi connectivity index (χ1v) is 14.2. The van der Waals surface area contributed by atoms with Gasteiger partial charge in [-0.15, -0.1) is 0 Å². The van der Waals surface area contributed by atoms with E-state index in [9.17, 15) is 9.59 Å². The fourth-order valence-corrected chi connectivity index (χ4v) is 5.33. The quantitative estimate of drug-likeness (QED) is 0.219. The van der Waals surface area contributed by atoms with Crippen molar-refractivity contribution in [3.05, 3.63) is 107 Å². The van der Waals surface area contributed by atoms with Gasteiger partial charge in [0, 0.05) is 41.6 Å². The van der Waals surface area contributed by atoms with Gasteiger partial charge in [-0.1, -0.05) is 30.3 Å². The van der Waals surface area contributed by atoms with Crippen LogP contribution in [0.25, 0.3) is 22.2 Å². The van der Waals surface area contributed by atoms with E-state index in [-0.39, 0.29) is 11.6 Å². The Morgan fingerprint density at radius 3 is 2.35 bits per heavy atom. The number of ether oxygens (including phenoxy) is 2. The lowest BCUT2D eigenvalue weighted by atomic mass is 10.1. The van der Waals surface area contributed by atoms with E-state index in [2.05, 4.69) is 10.6 Å². The van der Waals surface area contributed by atoms with Crippen molar-refractivity contribution in [1.29, 1.82) is 0 Å². The van der Waals surface area contributed by atoms with Gasteiger partial charge in [-0.3, -0.25) is 9.36 Å². The Morgan fingerprint density at radius 1 is 0.837 bits per heavy atom. The van der Waals surface area contributed by atoms with E-state index in [1.807, 2.05) is 89.8 Å². The van der Waals surface area contributed by atoms with Crippen LogP contribution < -0.4 is 25.7 Å². The number of hydrogen-bond donors (Lipinski definition) is 2. The number of carbonyl (C=O) groups excluding carboxylic acids is 1. The van der Waals surface area contributed by atoms with Crippen molar-refractivity contribution in [2.24, 2.45) is 0 Å². The summed E-state index contributed by atoms with van der Waals surface area (Å²) >= 11 is 0. The highest BCUT2D eigenvalue weighted by Gasteiger charge is 2.18. The molecule has 1 saturated heterocycles. The normalized spacial score (nSPS) is 12.7. The standard InChI is InChI=1S/C34H33N5O4/c1-42-29-13-11-23(12-14-29)22-39-32-25(17-26(21-35-32)24-7-5-10-30(18-24)43-2)19-31(33(39)40)36-27-8-6-9-28(20-27)37-34(41)38-15-3-4-16-38/h5-14,17-21,36H,3-4,15-16,22H2,1-2H3,(H,37,41). The maximum atomic E-state index is 13.9. The topological polar surface area (TPSA) is 97.7 Å². The van der Waals surface area contributed by atoms with Crippen LogP contribution in [0.4, 0.5) is 21.9 Å². The molecule has 0 spiro atoms. The third-order valence-corrected chi connectivity index (χ3v) is 7.62. The Bertz CT molecular complexity index is 1830. The maximum absolute atomic E-state index is 13.9. The van der Waals surface area contributed by atoms with Gasteiger partial charge in [0.15, 0.2) is 0 Å². The van der Waals surface area contributed by atoms with E-state index in [0.29, 0.717) is 29.3 Å². The predicted molar refractivity (Wildman–Crippen MR) is 170 cm³/mol. The van der Waals surface area contributed by atoms with Gasteiger partial charge >= 0.3 is 6.03 Å². The number of carbonyl (C=O) groups is 1. The molecule has 5 aromatic rings. The van der Waals surface area contributed by atoms with Gasteiger partial charge in [-0.05, 0) is 78.6 Å². The van der Waals surface area contributed by atoms with Gasteiger partial charge < -0.3 is 25.0 Å². The van der Waals surface area contributed by atoms with Crippen LogP contribution in [0.5, 0.6) is 11.5 Å². The number of nitrogens with zero attached hydrogens (tertiary/aromatic N) is 3. The Balaban J connectivity index is 1.38. The van der Waals surface area contributed by atoms with E-state index in [1.165, 1.54) is 0 Å². The Labute approximate surface area is 249 Å². The number of likely N-dealkylation sites (tertiary alicyclic amines) is 1. The van der Waals surface area contributed by atoms with Crippen LogP contribution in [0.1, 0.15) is 18.4 Å². The van der Waals surface area contributed by atoms with Crippen molar-refractivity contribution in [2.45, 2.75) is 19.4 Å². The molecule has 1 fully saturated rings. The summed E-state index contributed by atoms with van der Waals surface area (Å²) in [5.74, 6) is 1.50. The average molecular weight is 576 g/mol. The van der Waals surface area contributed by atoms with Crippen LogP contribution >= 0.6 is 0 Å². The smallest absolute Gasteiger partial charge is 0.321 e. The van der Waals surface area contributed by atoms with Crippen molar-refractivity contribution in [1.82, 2.24) is 14.5 Å².